The minimum atomic E-state index is -0.213. The van der Waals surface area contributed by atoms with Crippen LogP contribution in [0.1, 0.15) is 26.6 Å². The van der Waals surface area contributed by atoms with Crippen molar-refractivity contribution in [2.24, 2.45) is 0 Å². The Morgan fingerprint density at radius 2 is 2.14 bits per heavy atom. The van der Waals surface area contributed by atoms with Gasteiger partial charge in [-0.15, -0.1) is 0 Å². The van der Waals surface area contributed by atoms with Gasteiger partial charge in [0.1, 0.15) is 11.6 Å². The highest BCUT2D eigenvalue weighted by atomic mass is 19.1. The zero-order chi connectivity index (χ0) is 15.4. The molecule has 0 aliphatic rings. The minimum Gasteiger partial charge on any atom is -0.378 e. The zero-order valence-electron chi connectivity index (χ0n) is 13.1. The first kappa shape index (κ1) is 15.4. The van der Waals surface area contributed by atoms with Gasteiger partial charge in [0.05, 0.1) is 12.2 Å². The molecule has 0 aliphatic heterocycles. The number of hydrogen-bond donors (Lipinski definition) is 1. The van der Waals surface area contributed by atoms with Crippen molar-refractivity contribution in [3.63, 3.8) is 0 Å². The van der Waals surface area contributed by atoms with Crippen LogP contribution >= 0.6 is 0 Å². The molecule has 0 aliphatic carbocycles. The molecule has 2 aromatic rings. The van der Waals surface area contributed by atoms with E-state index in [0.29, 0.717) is 12.2 Å². The molecule has 0 saturated carbocycles. The predicted octanol–water partition coefficient (Wildman–Crippen LogP) is 3.50. The number of nitrogens with one attached hydrogen (secondary N) is 1. The van der Waals surface area contributed by atoms with Crippen molar-refractivity contribution in [3.8, 4) is 0 Å². The Morgan fingerprint density at radius 1 is 1.38 bits per heavy atom. The highest BCUT2D eigenvalue weighted by Gasteiger charge is 2.11. The number of imidazole rings is 1. The van der Waals surface area contributed by atoms with Gasteiger partial charge in [0.2, 0.25) is 0 Å². The number of rotatable bonds is 6. The quantitative estimate of drug-likeness (QED) is 0.884. The maximum Gasteiger partial charge on any atom is 0.148 e. The van der Waals surface area contributed by atoms with Crippen molar-refractivity contribution in [1.29, 1.82) is 0 Å². The first-order valence-electron chi connectivity index (χ1n) is 7.29. The standard InChI is InChI=1S/C16H23FN4/c1-5-21-9-8-18-16(21)11-19-13-6-7-15(14(17)10-13)20(4)12(2)3/h6-10,12,19H,5,11H2,1-4H3. The molecule has 1 aromatic heterocycles. The number of anilines is 2. The molecule has 5 heteroatoms. The lowest BCUT2D eigenvalue weighted by atomic mass is 10.2. The Bertz CT molecular complexity index is 592. The molecule has 0 saturated heterocycles. The summed E-state index contributed by atoms with van der Waals surface area (Å²) in [5.41, 5.74) is 1.38. The van der Waals surface area contributed by atoms with Gasteiger partial charge in [-0.2, -0.15) is 0 Å². The van der Waals surface area contributed by atoms with Gasteiger partial charge in [-0.1, -0.05) is 0 Å². The molecule has 0 spiro atoms. The van der Waals surface area contributed by atoms with Crippen molar-refractivity contribution in [2.45, 2.75) is 39.9 Å². The molecule has 0 bridgehead atoms. The van der Waals surface area contributed by atoms with Gasteiger partial charge in [0, 0.05) is 37.7 Å². The zero-order valence-corrected chi connectivity index (χ0v) is 13.1. The molecule has 1 N–H and O–H groups in total. The molecule has 0 fully saturated rings. The summed E-state index contributed by atoms with van der Waals surface area (Å²) in [4.78, 5) is 6.21. The maximum atomic E-state index is 14.2. The average molecular weight is 290 g/mol. The summed E-state index contributed by atoms with van der Waals surface area (Å²) in [5.74, 6) is 0.733. The van der Waals surface area contributed by atoms with Crippen LogP contribution in [0.25, 0.3) is 0 Å². The monoisotopic (exact) mass is 290 g/mol. The molecule has 0 radical (unpaired) electrons. The van der Waals surface area contributed by atoms with Crippen LogP contribution in [0.5, 0.6) is 0 Å². The largest absolute Gasteiger partial charge is 0.378 e. The molecule has 21 heavy (non-hydrogen) atoms. The number of aryl methyl sites for hydroxylation is 1. The molecule has 0 amide bonds. The van der Waals surface area contributed by atoms with Gasteiger partial charge >= 0.3 is 0 Å². The lowest BCUT2D eigenvalue weighted by molar-refractivity contribution is 0.614. The lowest BCUT2D eigenvalue weighted by Gasteiger charge is -2.24. The fourth-order valence-electron chi connectivity index (χ4n) is 2.16. The topological polar surface area (TPSA) is 33.1 Å². The molecule has 4 nitrogen and oxygen atoms in total. The van der Waals surface area contributed by atoms with Crippen molar-refractivity contribution in [1.82, 2.24) is 9.55 Å². The number of halogens is 1. The molecule has 1 heterocycles. The summed E-state index contributed by atoms with van der Waals surface area (Å²) in [6.45, 7) is 7.61. The summed E-state index contributed by atoms with van der Waals surface area (Å²) in [5, 5.41) is 3.22. The number of aromatic nitrogens is 2. The van der Waals surface area contributed by atoms with E-state index in [9.17, 15) is 4.39 Å². The third-order valence-electron chi connectivity index (χ3n) is 3.70. The van der Waals surface area contributed by atoms with Crippen molar-refractivity contribution >= 4 is 11.4 Å². The minimum absolute atomic E-state index is 0.213. The Balaban J connectivity index is 2.07. The van der Waals surface area contributed by atoms with E-state index in [-0.39, 0.29) is 11.9 Å². The second kappa shape index (κ2) is 6.61. The van der Waals surface area contributed by atoms with Gasteiger partial charge in [0.25, 0.3) is 0 Å². The van der Waals surface area contributed by atoms with E-state index < -0.39 is 0 Å². The molecule has 0 unspecified atom stereocenters. The molecular weight excluding hydrogens is 267 g/mol. The van der Waals surface area contributed by atoms with Gasteiger partial charge in [0.15, 0.2) is 0 Å². The summed E-state index contributed by atoms with van der Waals surface area (Å²) in [6, 6.07) is 5.50. The van der Waals surface area contributed by atoms with Gasteiger partial charge in [-0.25, -0.2) is 9.37 Å². The van der Waals surface area contributed by atoms with E-state index in [4.69, 9.17) is 0 Å². The molecule has 1 aromatic carbocycles. The van der Waals surface area contributed by atoms with Gasteiger partial charge in [-0.3, -0.25) is 0 Å². The summed E-state index contributed by atoms with van der Waals surface area (Å²) in [6.07, 6.45) is 3.72. The molecule has 0 atom stereocenters. The first-order valence-corrected chi connectivity index (χ1v) is 7.29. The highest BCUT2D eigenvalue weighted by molar-refractivity contribution is 5.56. The number of nitrogens with zero attached hydrogens (tertiary/aromatic N) is 3. The van der Waals surface area contributed by atoms with E-state index in [0.717, 1.165) is 18.1 Å². The predicted molar refractivity (Wildman–Crippen MR) is 85.2 cm³/mol. The second-order valence-electron chi connectivity index (χ2n) is 5.35. The summed E-state index contributed by atoms with van der Waals surface area (Å²) in [7, 11) is 1.90. The van der Waals surface area contributed by atoms with E-state index in [1.807, 2.05) is 44.1 Å². The fraction of sp³-hybridized carbons (Fsp3) is 0.438. The van der Waals surface area contributed by atoms with E-state index in [2.05, 4.69) is 21.8 Å². The summed E-state index contributed by atoms with van der Waals surface area (Å²) < 4.78 is 16.2. The van der Waals surface area contributed by atoms with E-state index in [1.165, 1.54) is 6.07 Å². The SMILES string of the molecule is CCn1ccnc1CNc1ccc(N(C)C(C)C)c(F)c1. The molecule has 114 valence electrons. The van der Waals surface area contributed by atoms with Gasteiger partial charge < -0.3 is 14.8 Å². The molecule has 2 rings (SSSR count). The number of hydrogen-bond acceptors (Lipinski definition) is 3. The molecular formula is C16H23FN4. The Morgan fingerprint density at radius 3 is 2.76 bits per heavy atom. The van der Waals surface area contributed by atoms with Crippen LogP contribution in [0, 0.1) is 5.82 Å². The Kier molecular flexibility index (Phi) is 4.83. The van der Waals surface area contributed by atoms with Crippen molar-refractivity contribution < 1.29 is 4.39 Å². The van der Waals surface area contributed by atoms with Crippen LogP contribution in [0.2, 0.25) is 0 Å². The van der Waals surface area contributed by atoms with Crippen LogP contribution in [0.3, 0.4) is 0 Å². The third kappa shape index (κ3) is 3.54. The second-order valence-corrected chi connectivity index (χ2v) is 5.35. The smallest absolute Gasteiger partial charge is 0.148 e. The maximum absolute atomic E-state index is 14.2. The Hall–Kier alpha value is -2.04. The van der Waals surface area contributed by atoms with Crippen LogP contribution < -0.4 is 10.2 Å². The highest BCUT2D eigenvalue weighted by Crippen LogP contribution is 2.23. The average Bonchev–Trinajstić information content (AvgIpc) is 2.91. The van der Waals surface area contributed by atoms with Crippen LogP contribution in [-0.4, -0.2) is 22.6 Å². The van der Waals surface area contributed by atoms with Gasteiger partial charge in [-0.05, 0) is 39.0 Å². The number of benzene rings is 1. The van der Waals surface area contributed by atoms with Crippen LogP contribution in [0.15, 0.2) is 30.6 Å². The van der Waals surface area contributed by atoms with Crippen LogP contribution in [0.4, 0.5) is 15.8 Å². The van der Waals surface area contributed by atoms with E-state index in [1.54, 1.807) is 6.20 Å². The van der Waals surface area contributed by atoms with E-state index >= 15 is 0 Å². The van der Waals surface area contributed by atoms with Crippen molar-refractivity contribution in [2.75, 3.05) is 17.3 Å². The van der Waals surface area contributed by atoms with Crippen molar-refractivity contribution in [3.05, 3.63) is 42.2 Å². The lowest BCUT2D eigenvalue weighted by Crippen LogP contribution is -2.26. The third-order valence-corrected chi connectivity index (χ3v) is 3.70. The summed E-state index contributed by atoms with van der Waals surface area (Å²) >= 11 is 0. The normalized spacial score (nSPS) is 11.0. The Labute approximate surface area is 125 Å². The fourth-order valence-corrected chi connectivity index (χ4v) is 2.16. The first-order chi connectivity index (χ1) is 10.0. The van der Waals surface area contributed by atoms with Crippen LogP contribution in [-0.2, 0) is 13.1 Å².